The number of nitrogens with one attached hydrogen (secondary N) is 2. The second kappa shape index (κ2) is 6.85. The molecule has 1 aromatic carbocycles. The van der Waals surface area contributed by atoms with E-state index in [1.54, 1.807) is 6.20 Å². The Morgan fingerprint density at radius 3 is 2.70 bits per heavy atom. The summed E-state index contributed by atoms with van der Waals surface area (Å²) in [4.78, 5) is 16.8. The molecule has 27 heavy (non-hydrogen) atoms. The number of sulfonamides is 1. The van der Waals surface area contributed by atoms with Crippen LogP contribution in [0.3, 0.4) is 0 Å². The van der Waals surface area contributed by atoms with Crippen molar-refractivity contribution in [2.75, 3.05) is 5.32 Å². The van der Waals surface area contributed by atoms with Crippen LogP contribution in [0, 0.1) is 5.82 Å². The van der Waals surface area contributed by atoms with Crippen LogP contribution in [-0.2, 0) is 16.4 Å². The first-order valence-corrected chi connectivity index (χ1v) is 10.5. The number of halogens is 2. The fourth-order valence-corrected chi connectivity index (χ4v) is 5.06. The predicted octanol–water partition coefficient (Wildman–Crippen LogP) is 3.20. The minimum atomic E-state index is -3.33. The molecule has 0 aliphatic heterocycles. The van der Waals surface area contributed by atoms with Gasteiger partial charge in [0.25, 0.3) is 5.91 Å². The topological polar surface area (TPSA) is 88.2 Å². The molecule has 0 saturated heterocycles. The predicted molar refractivity (Wildman–Crippen MR) is 99.7 cm³/mol. The lowest BCUT2D eigenvalue weighted by molar-refractivity contribution is 0.102. The molecule has 2 aliphatic rings. The second-order valence-corrected chi connectivity index (χ2v) is 9.19. The van der Waals surface area contributed by atoms with Crippen LogP contribution in [0.1, 0.15) is 46.8 Å². The van der Waals surface area contributed by atoms with E-state index in [2.05, 4.69) is 15.0 Å². The summed E-state index contributed by atoms with van der Waals surface area (Å²) in [6.45, 7) is 0. The molecule has 0 bridgehead atoms. The fraction of sp³-hybridized carbons (Fsp3) is 0.333. The van der Waals surface area contributed by atoms with Crippen LogP contribution in [0.4, 0.5) is 10.1 Å². The molecule has 1 atom stereocenters. The van der Waals surface area contributed by atoms with Gasteiger partial charge in [-0.05, 0) is 55.0 Å². The first-order chi connectivity index (χ1) is 12.8. The number of hydrogen-bond acceptors (Lipinski definition) is 4. The van der Waals surface area contributed by atoms with E-state index in [0.717, 1.165) is 11.1 Å². The lowest BCUT2D eigenvalue weighted by atomic mass is 10.1. The van der Waals surface area contributed by atoms with Crippen molar-refractivity contribution in [3.05, 3.63) is 58.1 Å². The van der Waals surface area contributed by atoms with E-state index in [0.29, 0.717) is 36.9 Å². The number of rotatable bonds is 5. The van der Waals surface area contributed by atoms with Gasteiger partial charge < -0.3 is 5.32 Å². The van der Waals surface area contributed by atoms with Gasteiger partial charge in [0.05, 0.1) is 15.8 Å². The van der Waals surface area contributed by atoms with Gasteiger partial charge in [-0.25, -0.2) is 17.5 Å². The van der Waals surface area contributed by atoms with Gasteiger partial charge in [0.15, 0.2) is 0 Å². The molecular formula is C18H17ClFN3O3S. The van der Waals surface area contributed by atoms with Gasteiger partial charge in [-0.1, -0.05) is 11.6 Å². The molecule has 1 saturated carbocycles. The maximum Gasteiger partial charge on any atom is 0.257 e. The number of anilines is 1. The number of aromatic nitrogens is 1. The highest BCUT2D eigenvalue weighted by Gasteiger charge is 2.39. The Hall–Kier alpha value is -2.03. The molecule has 1 heterocycles. The Bertz CT molecular complexity index is 1020. The Kier molecular flexibility index (Phi) is 4.65. The van der Waals surface area contributed by atoms with E-state index in [1.165, 1.54) is 24.4 Å². The van der Waals surface area contributed by atoms with Crippen molar-refractivity contribution in [2.24, 2.45) is 0 Å². The van der Waals surface area contributed by atoms with Crippen LogP contribution >= 0.6 is 11.6 Å². The molecule has 1 fully saturated rings. The third-order valence-corrected chi connectivity index (χ3v) is 7.09. The lowest BCUT2D eigenvalue weighted by Gasteiger charge is -2.14. The van der Waals surface area contributed by atoms with Crippen LogP contribution in [0.25, 0.3) is 0 Å². The van der Waals surface area contributed by atoms with E-state index in [9.17, 15) is 17.6 Å². The fourth-order valence-electron chi connectivity index (χ4n) is 3.29. The molecule has 2 aromatic rings. The second-order valence-electron chi connectivity index (χ2n) is 6.79. The van der Waals surface area contributed by atoms with Crippen molar-refractivity contribution in [1.29, 1.82) is 0 Å². The van der Waals surface area contributed by atoms with E-state index in [4.69, 9.17) is 11.6 Å². The average molecular weight is 410 g/mol. The van der Waals surface area contributed by atoms with Crippen molar-refractivity contribution in [3.8, 4) is 0 Å². The molecule has 1 aromatic heterocycles. The molecule has 9 heteroatoms. The monoisotopic (exact) mass is 409 g/mol. The molecule has 0 radical (unpaired) electrons. The lowest BCUT2D eigenvalue weighted by Crippen LogP contribution is -2.30. The molecule has 142 valence electrons. The Balaban J connectivity index is 1.56. The highest BCUT2D eigenvalue weighted by molar-refractivity contribution is 7.90. The van der Waals surface area contributed by atoms with Crippen molar-refractivity contribution >= 4 is 33.2 Å². The first-order valence-electron chi connectivity index (χ1n) is 8.59. The zero-order valence-electron chi connectivity index (χ0n) is 14.2. The van der Waals surface area contributed by atoms with Crippen molar-refractivity contribution in [1.82, 2.24) is 9.71 Å². The summed E-state index contributed by atoms with van der Waals surface area (Å²) in [5.41, 5.74) is 2.25. The largest absolute Gasteiger partial charge is 0.322 e. The van der Waals surface area contributed by atoms with E-state index in [1.807, 2.05) is 0 Å². The van der Waals surface area contributed by atoms with Gasteiger partial charge in [0.1, 0.15) is 5.82 Å². The van der Waals surface area contributed by atoms with Crippen molar-refractivity contribution in [3.63, 3.8) is 0 Å². The van der Waals surface area contributed by atoms with Crippen LogP contribution in [-0.4, -0.2) is 24.6 Å². The van der Waals surface area contributed by atoms with Gasteiger partial charge in [0, 0.05) is 24.1 Å². The third kappa shape index (κ3) is 3.69. The summed E-state index contributed by atoms with van der Waals surface area (Å²) in [6, 6.07) is 3.56. The number of hydrogen-bond donors (Lipinski definition) is 2. The normalized spacial score (nSPS) is 19.0. The molecule has 0 unspecified atom stereocenters. The van der Waals surface area contributed by atoms with Crippen LogP contribution < -0.4 is 10.0 Å². The molecule has 2 N–H and O–H groups in total. The zero-order valence-corrected chi connectivity index (χ0v) is 15.8. The van der Waals surface area contributed by atoms with Gasteiger partial charge in [-0.3, -0.25) is 9.78 Å². The first kappa shape index (κ1) is 18.3. The molecule has 6 nitrogen and oxygen atoms in total. The molecule has 0 spiro atoms. The Morgan fingerprint density at radius 1 is 1.22 bits per heavy atom. The standard InChI is InChI=1S/C18H17ClFN3O3S/c19-15-7-10(1-5-16(15)20)22-18(24)14-9-21-8-13-12(14)4-6-17(13)23-27(25,26)11-2-3-11/h1,5,7-9,11,17,23H,2-4,6H2,(H,22,24)/t17-/m1/s1. The highest BCUT2D eigenvalue weighted by atomic mass is 35.5. The summed E-state index contributed by atoms with van der Waals surface area (Å²) >= 11 is 5.74. The Labute approximate surface area is 161 Å². The maximum absolute atomic E-state index is 13.3. The van der Waals surface area contributed by atoms with Gasteiger partial charge in [-0.15, -0.1) is 0 Å². The van der Waals surface area contributed by atoms with Crippen LogP contribution in [0.15, 0.2) is 30.6 Å². The summed E-state index contributed by atoms with van der Waals surface area (Å²) in [6.07, 6.45) is 5.59. The number of pyridine rings is 1. The third-order valence-electron chi connectivity index (χ3n) is 4.84. The van der Waals surface area contributed by atoms with Crippen molar-refractivity contribution < 1.29 is 17.6 Å². The van der Waals surface area contributed by atoms with E-state index >= 15 is 0 Å². The molecule has 2 aliphatic carbocycles. The van der Waals surface area contributed by atoms with Crippen LogP contribution in [0.2, 0.25) is 5.02 Å². The summed E-state index contributed by atoms with van der Waals surface area (Å²) in [7, 11) is -3.33. The van der Waals surface area contributed by atoms with Crippen LogP contribution in [0.5, 0.6) is 0 Å². The summed E-state index contributed by atoms with van der Waals surface area (Å²) < 4.78 is 40.5. The minimum absolute atomic E-state index is 0.0845. The molecule has 4 rings (SSSR count). The van der Waals surface area contributed by atoms with Crippen molar-refractivity contribution in [2.45, 2.75) is 37.0 Å². The zero-order chi connectivity index (χ0) is 19.2. The van der Waals surface area contributed by atoms with Gasteiger partial charge >= 0.3 is 0 Å². The smallest absolute Gasteiger partial charge is 0.257 e. The minimum Gasteiger partial charge on any atom is -0.322 e. The van der Waals surface area contributed by atoms with Gasteiger partial charge in [-0.2, -0.15) is 0 Å². The quantitative estimate of drug-likeness (QED) is 0.793. The SMILES string of the molecule is O=C(Nc1ccc(F)c(Cl)c1)c1cncc2c1CC[C@H]2NS(=O)(=O)C1CC1. The Morgan fingerprint density at radius 2 is 2.00 bits per heavy atom. The summed E-state index contributed by atoms with van der Waals surface area (Å²) in [5.74, 6) is -0.963. The summed E-state index contributed by atoms with van der Waals surface area (Å²) in [5, 5.41) is 2.29. The number of amides is 1. The molecular weight excluding hydrogens is 393 g/mol. The van der Waals surface area contributed by atoms with E-state index in [-0.39, 0.29) is 16.3 Å². The number of nitrogens with zero attached hydrogens (tertiary/aromatic N) is 1. The highest BCUT2D eigenvalue weighted by Crippen LogP contribution is 2.36. The van der Waals surface area contributed by atoms with E-state index < -0.39 is 21.7 Å². The average Bonchev–Trinajstić information content (AvgIpc) is 3.42. The number of benzene rings is 1. The van der Waals surface area contributed by atoms with Gasteiger partial charge in [0.2, 0.25) is 10.0 Å². The number of fused-ring (bicyclic) bond motifs is 1. The number of carbonyl (C=O) groups excluding carboxylic acids is 1. The maximum atomic E-state index is 13.3. The molecule has 1 amide bonds. The number of carbonyl (C=O) groups is 1.